The maximum Gasteiger partial charge on any atom is 0.475 e. The van der Waals surface area contributed by atoms with E-state index in [-0.39, 0.29) is 12.5 Å². The fourth-order valence-electron chi connectivity index (χ4n) is 1.03. The minimum Gasteiger partial charge on any atom is -0.426 e. The second kappa shape index (κ2) is 6.88. The Morgan fingerprint density at radius 1 is 1.54 bits per heavy atom. The topological polar surface area (TPSA) is 81.6 Å². The molecule has 1 amide bonds. The lowest BCUT2D eigenvalue weighted by Crippen LogP contribution is -2.48. The quantitative estimate of drug-likeness (QED) is 0.382. The molecule has 13 heavy (non-hydrogen) atoms. The van der Waals surface area contributed by atoms with Crippen LogP contribution in [0, 0.1) is 0 Å². The third-order valence-electron chi connectivity index (χ3n) is 1.64. The summed E-state index contributed by atoms with van der Waals surface area (Å²) in [6, 6.07) is 0. The minimum atomic E-state index is -1.49. The van der Waals surface area contributed by atoms with Crippen LogP contribution in [0.5, 0.6) is 0 Å². The third kappa shape index (κ3) is 5.62. The monoisotopic (exact) mass is 188 g/mol. The van der Waals surface area contributed by atoms with Crippen LogP contribution >= 0.6 is 0 Å². The van der Waals surface area contributed by atoms with Crippen molar-refractivity contribution in [3.05, 3.63) is 0 Å². The second-order valence-electron chi connectivity index (χ2n) is 2.91. The van der Waals surface area contributed by atoms with Crippen molar-refractivity contribution < 1.29 is 14.8 Å². The first-order valence-electron chi connectivity index (χ1n) is 4.41. The van der Waals surface area contributed by atoms with Gasteiger partial charge in [0, 0.05) is 0 Å². The number of likely N-dealkylation sites (N-methyl/N-ethyl adjacent to an activating group) is 1. The molecule has 76 valence electrons. The van der Waals surface area contributed by atoms with Crippen molar-refractivity contribution in [1.29, 1.82) is 0 Å². The molecule has 1 atom stereocenters. The van der Waals surface area contributed by atoms with E-state index in [2.05, 4.69) is 10.6 Å². The third-order valence-corrected chi connectivity index (χ3v) is 1.64. The first-order valence-corrected chi connectivity index (χ1v) is 4.41. The predicted octanol–water partition coefficient (Wildman–Crippen LogP) is -1.50. The van der Waals surface area contributed by atoms with Crippen molar-refractivity contribution in [2.75, 3.05) is 13.6 Å². The molecule has 0 aliphatic heterocycles. The Morgan fingerprint density at radius 2 is 2.15 bits per heavy atom. The summed E-state index contributed by atoms with van der Waals surface area (Å²) in [6.07, 6.45) is 1.36. The van der Waals surface area contributed by atoms with Crippen LogP contribution in [0.2, 0.25) is 0 Å². The summed E-state index contributed by atoms with van der Waals surface area (Å²) >= 11 is 0. The summed E-state index contributed by atoms with van der Waals surface area (Å²) in [4.78, 5) is 11.0. The Balaban J connectivity index is 3.86. The van der Waals surface area contributed by atoms with Gasteiger partial charge < -0.3 is 20.7 Å². The zero-order chi connectivity index (χ0) is 10.3. The SMILES string of the molecule is CCC[C@H](NC(=O)CNC)B(O)O. The van der Waals surface area contributed by atoms with Crippen LogP contribution in [0.15, 0.2) is 0 Å². The molecular formula is C7H17BN2O3. The summed E-state index contributed by atoms with van der Waals surface area (Å²) in [5, 5.41) is 23.0. The summed E-state index contributed by atoms with van der Waals surface area (Å²) in [6.45, 7) is 2.10. The van der Waals surface area contributed by atoms with Crippen molar-refractivity contribution in [3.8, 4) is 0 Å². The van der Waals surface area contributed by atoms with Crippen molar-refractivity contribution >= 4 is 13.0 Å². The molecule has 5 nitrogen and oxygen atoms in total. The van der Waals surface area contributed by atoms with Crippen LogP contribution in [0.3, 0.4) is 0 Å². The summed E-state index contributed by atoms with van der Waals surface area (Å²) in [5.41, 5.74) is 0. The van der Waals surface area contributed by atoms with Crippen LogP contribution in [-0.4, -0.2) is 42.6 Å². The fraction of sp³-hybridized carbons (Fsp3) is 0.857. The van der Waals surface area contributed by atoms with Crippen LogP contribution in [0.1, 0.15) is 19.8 Å². The average Bonchev–Trinajstić information content (AvgIpc) is 2.04. The van der Waals surface area contributed by atoms with E-state index in [9.17, 15) is 4.79 Å². The van der Waals surface area contributed by atoms with Crippen LogP contribution < -0.4 is 10.6 Å². The Hall–Kier alpha value is -0.585. The molecule has 0 fully saturated rings. The van der Waals surface area contributed by atoms with Gasteiger partial charge in [0.05, 0.1) is 12.5 Å². The number of hydrogen-bond acceptors (Lipinski definition) is 4. The van der Waals surface area contributed by atoms with Gasteiger partial charge in [-0.2, -0.15) is 0 Å². The smallest absolute Gasteiger partial charge is 0.426 e. The van der Waals surface area contributed by atoms with Crippen LogP contribution in [-0.2, 0) is 4.79 Å². The summed E-state index contributed by atoms with van der Waals surface area (Å²) in [5.74, 6) is -0.792. The highest BCUT2D eigenvalue weighted by Crippen LogP contribution is 1.97. The van der Waals surface area contributed by atoms with Gasteiger partial charge >= 0.3 is 7.12 Å². The number of nitrogens with one attached hydrogen (secondary N) is 2. The predicted molar refractivity (Wildman–Crippen MR) is 51.0 cm³/mol. The molecule has 6 heteroatoms. The molecular weight excluding hydrogens is 171 g/mol. The van der Waals surface area contributed by atoms with Crippen molar-refractivity contribution in [2.45, 2.75) is 25.7 Å². The Morgan fingerprint density at radius 3 is 2.54 bits per heavy atom. The van der Waals surface area contributed by atoms with E-state index in [1.54, 1.807) is 7.05 Å². The Bertz CT molecular complexity index is 155. The largest absolute Gasteiger partial charge is 0.475 e. The average molecular weight is 188 g/mol. The van der Waals surface area contributed by atoms with Crippen molar-refractivity contribution in [2.24, 2.45) is 0 Å². The maximum atomic E-state index is 11.0. The van der Waals surface area contributed by atoms with Gasteiger partial charge in [-0.1, -0.05) is 13.3 Å². The zero-order valence-corrected chi connectivity index (χ0v) is 8.08. The molecule has 4 N–H and O–H groups in total. The van der Waals surface area contributed by atoms with Gasteiger partial charge in [-0.05, 0) is 13.5 Å². The standard InChI is InChI=1S/C7H17BN2O3/c1-3-4-6(8(12)13)10-7(11)5-9-2/h6,9,12-13H,3-5H2,1-2H3,(H,10,11)/t6-/m0/s1. The molecule has 0 aromatic heterocycles. The molecule has 0 saturated heterocycles. The van der Waals surface area contributed by atoms with Gasteiger partial charge in [0.1, 0.15) is 0 Å². The highest BCUT2D eigenvalue weighted by atomic mass is 16.4. The molecule has 0 heterocycles. The fourth-order valence-corrected chi connectivity index (χ4v) is 1.03. The molecule has 0 aliphatic carbocycles. The number of rotatable bonds is 6. The number of carbonyl (C=O) groups is 1. The van der Waals surface area contributed by atoms with Gasteiger partial charge in [0.25, 0.3) is 0 Å². The molecule has 0 saturated carbocycles. The maximum absolute atomic E-state index is 11.0. The molecule has 0 radical (unpaired) electrons. The van der Waals surface area contributed by atoms with E-state index < -0.39 is 13.1 Å². The normalized spacial score (nSPS) is 12.3. The van der Waals surface area contributed by atoms with E-state index in [1.165, 1.54) is 0 Å². The zero-order valence-electron chi connectivity index (χ0n) is 8.08. The van der Waals surface area contributed by atoms with Crippen LogP contribution in [0.25, 0.3) is 0 Å². The van der Waals surface area contributed by atoms with E-state index in [0.29, 0.717) is 6.42 Å². The lowest BCUT2D eigenvalue weighted by Gasteiger charge is -2.16. The molecule has 0 aromatic carbocycles. The lowest BCUT2D eigenvalue weighted by atomic mass is 9.77. The van der Waals surface area contributed by atoms with E-state index in [1.807, 2.05) is 6.92 Å². The first-order chi connectivity index (χ1) is 6.11. The van der Waals surface area contributed by atoms with Gasteiger partial charge in [-0.15, -0.1) is 0 Å². The molecule has 0 rings (SSSR count). The highest BCUT2D eigenvalue weighted by molar-refractivity contribution is 6.43. The van der Waals surface area contributed by atoms with Crippen LogP contribution in [0.4, 0.5) is 0 Å². The second-order valence-corrected chi connectivity index (χ2v) is 2.91. The molecule has 0 unspecified atom stereocenters. The van der Waals surface area contributed by atoms with Gasteiger partial charge in [-0.25, -0.2) is 0 Å². The van der Waals surface area contributed by atoms with Crippen molar-refractivity contribution in [3.63, 3.8) is 0 Å². The number of amides is 1. The van der Waals surface area contributed by atoms with E-state index in [4.69, 9.17) is 10.0 Å². The highest BCUT2D eigenvalue weighted by Gasteiger charge is 2.23. The van der Waals surface area contributed by atoms with E-state index >= 15 is 0 Å². The lowest BCUT2D eigenvalue weighted by molar-refractivity contribution is -0.120. The van der Waals surface area contributed by atoms with Gasteiger partial charge in [-0.3, -0.25) is 4.79 Å². The summed E-state index contributed by atoms with van der Waals surface area (Å²) < 4.78 is 0. The minimum absolute atomic E-state index is 0.187. The number of hydrogen-bond donors (Lipinski definition) is 4. The first kappa shape index (κ1) is 12.4. The molecule has 0 aliphatic rings. The molecule has 0 bridgehead atoms. The Labute approximate surface area is 78.7 Å². The van der Waals surface area contributed by atoms with Gasteiger partial charge in [0.15, 0.2) is 0 Å². The molecule has 0 spiro atoms. The van der Waals surface area contributed by atoms with Gasteiger partial charge in [0.2, 0.25) is 5.91 Å². The summed E-state index contributed by atoms with van der Waals surface area (Å²) in [7, 11) is 0.171. The van der Waals surface area contributed by atoms with E-state index in [0.717, 1.165) is 6.42 Å². The molecule has 0 aromatic rings. The van der Waals surface area contributed by atoms with Crippen molar-refractivity contribution in [1.82, 2.24) is 10.6 Å². The number of carbonyl (C=O) groups excluding carboxylic acids is 1. The Kier molecular flexibility index (Phi) is 6.57.